The molecule has 0 bridgehead atoms. The number of benzene rings is 2. The Kier molecular flexibility index (Phi) is 7.46. The first kappa shape index (κ1) is 25.1. The summed E-state index contributed by atoms with van der Waals surface area (Å²) in [6.07, 6.45) is -5.95. The predicted molar refractivity (Wildman–Crippen MR) is 100 cm³/mol. The third-order valence-electron chi connectivity index (χ3n) is 3.93. The summed E-state index contributed by atoms with van der Waals surface area (Å²) < 4.78 is 99.2. The summed E-state index contributed by atoms with van der Waals surface area (Å²) in [6, 6.07) is 5.13. The van der Waals surface area contributed by atoms with Crippen LogP contribution in [0.5, 0.6) is 11.5 Å². The highest BCUT2D eigenvalue weighted by Crippen LogP contribution is 2.45. The summed E-state index contributed by atoms with van der Waals surface area (Å²) in [5.74, 6) is -6.36. The maximum Gasteiger partial charge on any atom is 0.462 e. The Bertz CT molecular complexity index is 1040. The van der Waals surface area contributed by atoms with Crippen LogP contribution in [0.25, 0.3) is 0 Å². The summed E-state index contributed by atoms with van der Waals surface area (Å²) in [4.78, 5) is 0. The lowest BCUT2D eigenvalue weighted by atomic mass is 10.1. The third kappa shape index (κ3) is 5.34. The first-order chi connectivity index (χ1) is 14.8. The Morgan fingerprint density at radius 2 is 1.78 bits per heavy atom. The molecule has 2 rings (SSSR count). The molecule has 0 aliphatic heterocycles. The van der Waals surface area contributed by atoms with E-state index in [0.717, 1.165) is 6.07 Å². The molecule has 172 valence electrons. The summed E-state index contributed by atoms with van der Waals surface area (Å²) in [6.45, 7) is -0.0758. The molecule has 0 aliphatic carbocycles. The molecule has 0 amide bonds. The highest BCUT2D eigenvalue weighted by Gasteiger charge is 2.73. The topological polar surface area (TPSA) is 66.6 Å². The zero-order chi connectivity index (χ0) is 24.2. The molecule has 0 heterocycles. The molecule has 0 saturated carbocycles. The monoisotopic (exact) mass is 483 g/mol. The van der Waals surface area contributed by atoms with Crippen molar-refractivity contribution in [3.63, 3.8) is 0 Å². The summed E-state index contributed by atoms with van der Waals surface area (Å²) in [5.41, 5.74) is 1.33. The number of halogens is 8. The maximum atomic E-state index is 13.2. The first-order valence-corrected chi connectivity index (χ1v) is 8.82. The van der Waals surface area contributed by atoms with Crippen LogP contribution in [0.3, 0.4) is 0 Å². The Morgan fingerprint density at radius 1 is 1.12 bits per heavy atom. The fourth-order valence-corrected chi connectivity index (χ4v) is 2.57. The number of nitrogens with zero attached hydrogens (tertiary/aromatic N) is 2. The van der Waals surface area contributed by atoms with E-state index in [1.807, 2.05) is 6.07 Å². The summed E-state index contributed by atoms with van der Waals surface area (Å²) >= 11 is 6.09. The normalized spacial score (nSPS) is 12.5. The van der Waals surface area contributed by atoms with E-state index in [-0.39, 0.29) is 28.7 Å². The molecule has 0 aromatic heterocycles. The molecule has 2 aromatic rings. The van der Waals surface area contributed by atoms with E-state index < -0.39 is 18.1 Å². The van der Waals surface area contributed by atoms with E-state index in [0.29, 0.717) is 22.8 Å². The van der Waals surface area contributed by atoms with Gasteiger partial charge in [-0.25, -0.2) is 5.43 Å². The standard InChI is InChI=1S/C19H13ClF7N3O2/c1-31-15-7-11(9-29-30-19(26,27)17(21,22)18(23,24)25)6-14(20)16(15)32-10-13-5-3-2-4-12(13)8-28/h2-7,9,30H,10H2,1H3/b29-9+. The number of hydrazone groups is 1. The van der Waals surface area contributed by atoms with Crippen molar-refractivity contribution in [1.29, 1.82) is 5.26 Å². The molecule has 0 atom stereocenters. The minimum absolute atomic E-state index is 0.0132. The van der Waals surface area contributed by atoms with Gasteiger partial charge < -0.3 is 9.47 Å². The van der Waals surface area contributed by atoms with Crippen LogP contribution in [0.1, 0.15) is 16.7 Å². The number of nitrogens with one attached hydrogen (secondary N) is 1. The Morgan fingerprint density at radius 3 is 2.38 bits per heavy atom. The minimum atomic E-state index is -6.49. The summed E-state index contributed by atoms with van der Waals surface area (Å²) in [7, 11) is 1.22. The number of rotatable bonds is 8. The van der Waals surface area contributed by atoms with E-state index in [2.05, 4.69) is 5.10 Å². The van der Waals surface area contributed by atoms with Gasteiger partial charge in [0.25, 0.3) is 0 Å². The van der Waals surface area contributed by atoms with Crippen molar-refractivity contribution in [3.05, 3.63) is 58.1 Å². The molecule has 0 radical (unpaired) electrons. The van der Waals surface area contributed by atoms with E-state index in [4.69, 9.17) is 26.3 Å². The number of ether oxygens (including phenoxy) is 2. The number of hydrogen-bond donors (Lipinski definition) is 1. The highest BCUT2D eigenvalue weighted by atomic mass is 35.5. The SMILES string of the molecule is COc1cc(/C=N/NC(F)(F)C(F)(F)C(F)(F)F)cc(Cl)c1OCc1ccccc1C#N. The fraction of sp³-hybridized carbons (Fsp3) is 0.263. The Labute approximate surface area is 182 Å². The van der Waals surface area contributed by atoms with Crippen molar-refractivity contribution >= 4 is 17.8 Å². The van der Waals surface area contributed by atoms with Gasteiger partial charge in [-0.15, -0.1) is 0 Å². The quantitative estimate of drug-likeness (QED) is 0.233. The second-order valence-electron chi connectivity index (χ2n) is 6.11. The van der Waals surface area contributed by atoms with Gasteiger partial charge in [-0.1, -0.05) is 29.8 Å². The van der Waals surface area contributed by atoms with Gasteiger partial charge >= 0.3 is 18.1 Å². The number of nitriles is 1. The van der Waals surface area contributed by atoms with Gasteiger partial charge in [0, 0.05) is 5.56 Å². The van der Waals surface area contributed by atoms with Crippen LogP contribution in [0, 0.1) is 11.3 Å². The van der Waals surface area contributed by atoms with Crippen LogP contribution in [0.2, 0.25) is 5.02 Å². The fourth-order valence-electron chi connectivity index (χ4n) is 2.30. The lowest BCUT2D eigenvalue weighted by Crippen LogP contribution is -2.58. The second kappa shape index (κ2) is 9.52. The van der Waals surface area contributed by atoms with Crippen LogP contribution < -0.4 is 14.9 Å². The molecule has 0 spiro atoms. The molecule has 2 aromatic carbocycles. The van der Waals surface area contributed by atoms with Gasteiger partial charge in [0.1, 0.15) is 6.61 Å². The zero-order valence-electron chi connectivity index (χ0n) is 16.0. The largest absolute Gasteiger partial charge is 0.493 e. The van der Waals surface area contributed by atoms with Gasteiger partial charge in [-0.3, -0.25) is 0 Å². The molecule has 13 heteroatoms. The van der Waals surface area contributed by atoms with Crippen LogP contribution in [0.4, 0.5) is 30.7 Å². The molecule has 5 nitrogen and oxygen atoms in total. The highest BCUT2D eigenvalue weighted by molar-refractivity contribution is 6.32. The minimum Gasteiger partial charge on any atom is -0.493 e. The molecule has 0 saturated heterocycles. The van der Waals surface area contributed by atoms with Gasteiger partial charge in [0.05, 0.1) is 30.0 Å². The molecule has 0 aliphatic rings. The molecule has 32 heavy (non-hydrogen) atoms. The average Bonchev–Trinajstić information content (AvgIpc) is 2.71. The van der Waals surface area contributed by atoms with Gasteiger partial charge in [-0.05, 0) is 23.8 Å². The smallest absolute Gasteiger partial charge is 0.462 e. The molecular weight excluding hydrogens is 471 g/mol. The van der Waals surface area contributed by atoms with E-state index in [9.17, 15) is 30.7 Å². The number of methoxy groups -OCH3 is 1. The van der Waals surface area contributed by atoms with Crippen molar-refractivity contribution in [2.75, 3.05) is 7.11 Å². The van der Waals surface area contributed by atoms with E-state index in [1.165, 1.54) is 13.2 Å². The van der Waals surface area contributed by atoms with Crippen molar-refractivity contribution in [1.82, 2.24) is 5.43 Å². The third-order valence-corrected chi connectivity index (χ3v) is 4.21. The molecule has 1 N–H and O–H groups in total. The van der Waals surface area contributed by atoms with Gasteiger partial charge in [-0.2, -0.15) is 41.1 Å². The van der Waals surface area contributed by atoms with Crippen LogP contribution >= 0.6 is 11.6 Å². The number of hydrogen-bond acceptors (Lipinski definition) is 5. The maximum absolute atomic E-state index is 13.2. The average molecular weight is 484 g/mol. The number of alkyl halides is 7. The van der Waals surface area contributed by atoms with Crippen LogP contribution in [-0.4, -0.2) is 31.5 Å². The molecule has 0 fully saturated rings. The first-order valence-electron chi connectivity index (χ1n) is 8.45. The van der Waals surface area contributed by atoms with Gasteiger partial charge in [0.15, 0.2) is 11.5 Å². The zero-order valence-corrected chi connectivity index (χ0v) is 16.7. The van der Waals surface area contributed by atoms with Gasteiger partial charge in [0.2, 0.25) is 0 Å². The van der Waals surface area contributed by atoms with E-state index >= 15 is 0 Å². The van der Waals surface area contributed by atoms with Crippen LogP contribution in [-0.2, 0) is 6.61 Å². The Hall–Kier alpha value is -3.20. The predicted octanol–water partition coefficient (Wildman–Crippen LogP) is 5.51. The summed E-state index contributed by atoms with van der Waals surface area (Å²) in [5, 5.41) is 11.8. The van der Waals surface area contributed by atoms with E-state index in [1.54, 1.807) is 24.3 Å². The Balaban J connectivity index is 2.20. The lowest BCUT2D eigenvalue weighted by molar-refractivity contribution is -0.361. The van der Waals surface area contributed by atoms with Crippen molar-refractivity contribution < 1.29 is 40.2 Å². The van der Waals surface area contributed by atoms with Crippen LogP contribution in [0.15, 0.2) is 41.5 Å². The second-order valence-corrected chi connectivity index (χ2v) is 6.52. The van der Waals surface area contributed by atoms with Crippen molar-refractivity contribution in [2.24, 2.45) is 5.10 Å². The molecule has 0 unspecified atom stereocenters. The lowest BCUT2D eigenvalue weighted by Gasteiger charge is -2.27. The molecular formula is C19H13ClF7N3O2. The van der Waals surface area contributed by atoms with Crippen molar-refractivity contribution in [2.45, 2.75) is 24.8 Å². The van der Waals surface area contributed by atoms with Crippen molar-refractivity contribution in [3.8, 4) is 17.6 Å².